The van der Waals surface area contributed by atoms with Gasteiger partial charge in [-0.2, -0.15) is 4.39 Å². The molecule has 0 spiro atoms. The molecule has 1 aromatic rings. The second-order valence-corrected chi connectivity index (χ2v) is 5.26. The fourth-order valence-electron chi connectivity index (χ4n) is 2.45. The number of amides is 1. The summed E-state index contributed by atoms with van der Waals surface area (Å²) in [6.45, 7) is 0.191. The molecule has 0 radical (unpaired) electrons. The van der Waals surface area contributed by atoms with Crippen LogP contribution < -0.4 is 5.32 Å². The van der Waals surface area contributed by atoms with E-state index in [-0.39, 0.29) is 6.54 Å². The van der Waals surface area contributed by atoms with Crippen molar-refractivity contribution in [3.05, 3.63) is 50.8 Å². The summed E-state index contributed by atoms with van der Waals surface area (Å²) in [5.41, 5.74) is -0.981. The van der Waals surface area contributed by atoms with Crippen LogP contribution in [0.2, 0.25) is 0 Å². The molecule has 0 unspecified atom stereocenters. The topological polar surface area (TPSA) is 72.2 Å². The first kappa shape index (κ1) is 17.0. The lowest BCUT2D eigenvalue weighted by molar-refractivity contribution is -0.387. The van der Waals surface area contributed by atoms with E-state index in [4.69, 9.17) is 0 Å². The third-order valence-electron chi connectivity index (χ3n) is 3.69. The van der Waals surface area contributed by atoms with E-state index in [9.17, 15) is 28.1 Å². The molecule has 8 heteroatoms. The Morgan fingerprint density at radius 3 is 2.57 bits per heavy atom. The third-order valence-corrected chi connectivity index (χ3v) is 3.69. The second kappa shape index (κ2) is 7.26. The van der Waals surface area contributed by atoms with Crippen LogP contribution in [-0.2, 0) is 0 Å². The summed E-state index contributed by atoms with van der Waals surface area (Å²) < 4.78 is 40.2. The molecule has 1 aliphatic rings. The molecule has 2 rings (SSSR count). The van der Waals surface area contributed by atoms with Crippen LogP contribution in [-0.4, -0.2) is 17.4 Å². The van der Waals surface area contributed by atoms with Crippen molar-refractivity contribution in [2.45, 2.75) is 32.1 Å². The normalized spacial score (nSPS) is 14.3. The van der Waals surface area contributed by atoms with Gasteiger partial charge in [0, 0.05) is 12.6 Å². The summed E-state index contributed by atoms with van der Waals surface area (Å²) in [5.74, 6) is -6.70. The average molecular weight is 328 g/mol. The number of allylic oxidation sites excluding steroid dienone is 1. The number of rotatable bonds is 5. The van der Waals surface area contributed by atoms with Crippen molar-refractivity contribution in [3.63, 3.8) is 0 Å². The van der Waals surface area contributed by atoms with Crippen LogP contribution in [0.5, 0.6) is 0 Å². The van der Waals surface area contributed by atoms with E-state index in [1.807, 2.05) is 0 Å². The molecule has 1 N–H and O–H groups in total. The Morgan fingerprint density at radius 2 is 1.96 bits per heavy atom. The van der Waals surface area contributed by atoms with Gasteiger partial charge in [-0.3, -0.25) is 14.9 Å². The first-order chi connectivity index (χ1) is 10.9. The Bertz CT molecular complexity index is 674. The number of nitrogens with zero attached hydrogens (tertiary/aromatic N) is 1. The zero-order valence-corrected chi connectivity index (χ0v) is 12.2. The molecule has 5 nitrogen and oxygen atoms in total. The molecule has 0 heterocycles. The average Bonchev–Trinajstić information content (AvgIpc) is 2.53. The number of nitrogens with one attached hydrogen (secondary N) is 1. The second-order valence-electron chi connectivity index (χ2n) is 5.26. The van der Waals surface area contributed by atoms with Gasteiger partial charge < -0.3 is 5.32 Å². The zero-order valence-electron chi connectivity index (χ0n) is 12.2. The standard InChI is InChI=1S/C15H15F3N2O3/c16-12-10(8-11(20(22)23)13(17)14(12)18)15(21)19-7-6-9-4-2-1-3-5-9/h4,8H,1-3,5-7H2,(H,19,21). The molecule has 0 saturated carbocycles. The van der Waals surface area contributed by atoms with Gasteiger partial charge in [0.05, 0.1) is 10.5 Å². The molecule has 124 valence electrons. The van der Waals surface area contributed by atoms with E-state index in [0.29, 0.717) is 12.5 Å². The zero-order chi connectivity index (χ0) is 17.0. The third kappa shape index (κ3) is 3.88. The number of nitro benzene ring substituents is 1. The molecule has 0 saturated heterocycles. The summed E-state index contributed by atoms with van der Waals surface area (Å²) >= 11 is 0. The lowest BCUT2D eigenvalue weighted by Crippen LogP contribution is -2.26. The van der Waals surface area contributed by atoms with Crippen molar-refractivity contribution in [2.75, 3.05) is 6.54 Å². The highest BCUT2D eigenvalue weighted by Crippen LogP contribution is 2.25. The largest absolute Gasteiger partial charge is 0.352 e. The van der Waals surface area contributed by atoms with E-state index in [1.165, 1.54) is 5.57 Å². The number of benzene rings is 1. The van der Waals surface area contributed by atoms with Gasteiger partial charge in [-0.1, -0.05) is 11.6 Å². The highest BCUT2D eigenvalue weighted by Gasteiger charge is 2.28. The molecule has 1 amide bonds. The van der Waals surface area contributed by atoms with E-state index in [1.54, 1.807) is 0 Å². The molecule has 0 bridgehead atoms. The summed E-state index contributed by atoms with van der Waals surface area (Å²) in [5, 5.41) is 13.0. The van der Waals surface area contributed by atoms with Crippen LogP contribution in [0.3, 0.4) is 0 Å². The van der Waals surface area contributed by atoms with Crippen LogP contribution in [0.25, 0.3) is 0 Å². The van der Waals surface area contributed by atoms with Crippen molar-refractivity contribution in [1.82, 2.24) is 5.32 Å². The first-order valence-corrected chi connectivity index (χ1v) is 7.19. The number of hydrogen-bond acceptors (Lipinski definition) is 3. The van der Waals surface area contributed by atoms with Crippen molar-refractivity contribution in [2.24, 2.45) is 0 Å². The van der Waals surface area contributed by atoms with E-state index in [0.717, 1.165) is 25.7 Å². The van der Waals surface area contributed by atoms with Gasteiger partial charge in [0.25, 0.3) is 5.91 Å². The van der Waals surface area contributed by atoms with Gasteiger partial charge >= 0.3 is 5.69 Å². The highest BCUT2D eigenvalue weighted by molar-refractivity contribution is 5.95. The maximum Gasteiger partial charge on any atom is 0.308 e. The lowest BCUT2D eigenvalue weighted by Gasteiger charge is -2.13. The minimum absolute atomic E-state index is 0.191. The quantitative estimate of drug-likeness (QED) is 0.388. The number of carbonyl (C=O) groups is 1. The van der Waals surface area contributed by atoms with Gasteiger partial charge in [-0.25, -0.2) is 8.78 Å². The maximum atomic E-state index is 13.6. The maximum absolute atomic E-state index is 13.6. The van der Waals surface area contributed by atoms with Gasteiger partial charge in [-0.05, 0) is 32.1 Å². The van der Waals surface area contributed by atoms with Crippen LogP contribution in [0.4, 0.5) is 18.9 Å². The van der Waals surface area contributed by atoms with E-state index in [2.05, 4.69) is 11.4 Å². The lowest BCUT2D eigenvalue weighted by atomic mass is 9.97. The Kier molecular flexibility index (Phi) is 5.36. The van der Waals surface area contributed by atoms with Gasteiger partial charge in [0.1, 0.15) is 0 Å². The molecular formula is C15H15F3N2O3. The minimum Gasteiger partial charge on any atom is -0.352 e. The Hall–Kier alpha value is -2.38. The number of hydrogen-bond donors (Lipinski definition) is 1. The first-order valence-electron chi connectivity index (χ1n) is 7.19. The van der Waals surface area contributed by atoms with Gasteiger partial charge in [-0.15, -0.1) is 0 Å². The molecule has 1 aliphatic carbocycles. The molecule has 0 aromatic heterocycles. The summed E-state index contributed by atoms with van der Waals surface area (Å²) in [6, 6.07) is 0.406. The van der Waals surface area contributed by atoms with Crippen molar-refractivity contribution in [3.8, 4) is 0 Å². The predicted molar refractivity (Wildman–Crippen MR) is 76.5 cm³/mol. The van der Waals surface area contributed by atoms with Crippen molar-refractivity contribution < 1.29 is 22.9 Å². The van der Waals surface area contributed by atoms with Crippen LogP contribution in [0.15, 0.2) is 17.7 Å². The van der Waals surface area contributed by atoms with Crippen LogP contribution in [0.1, 0.15) is 42.5 Å². The monoisotopic (exact) mass is 328 g/mol. The number of carbonyl (C=O) groups excluding carboxylic acids is 1. The Balaban J connectivity index is 2.09. The Morgan fingerprint density at radius 1 is 1.22 bits per heavy atom. The molecule has 23 heavy (non-hydrogen) atoms. The van der Waals surface area contributed by atoms with Gasteiger partial charge in [0.15, 0.2) is 5.82 Å². The van der Waals surface area contributed by atoms with Crippen LogP contribution >= 0.6 is 0 Å². The van der Waals surface area contributed by atoms with E-state index >= 15 is 0 Å². The van der Waals surface area contributed by atoms with Crippen molar-refractivity contribution >= 4 is 11.6 Å². The highest BCUT2D eigenvalue weighted by atomic mass is 19.2. The minimum atomic E-state index is -2.03. The summed E-state index contributed by atoms with van der Waals surface area (Å²) in [7, 11) is 0. The number of halogens is 3. The molecule has 0 aliphatic heterocycles. The van der Waals surface area contributed by atoms with Crippen molar-refractivity contribution in [1.29, 1.82) is 0 Å². The smallest absolute Gasteiger partial charge is 0.308 e. The molecule has 0 atom stereocenters. The molecule has 1 aromatic carbocycles. The van der Waals surface area contributed by atoms with Crippen LogP contribution in [0, 0.1) is 27.6 Å². The van der Waals surface area contributed by atoms with Gasteiger partial charge in [0.2, 0.25) is 11.6 Å². The summed E-state index contributed by atoms with van der Waals surface area (Å²) in [4.78, 5) is 21.3. The molecule has 0 fully saturated rings. The van der Waals surface area contributed by atoms with E-state index < -0.39 is 39.5 Å². The molecular weight excluding hydrogens is 313 g/mol. The Labute approximate surface area is 130 Å². The SMILES string of the molecule is O=C(NCCC1=CCCCC1)c1cc([N+](=O)[O-])c(F)c(F)c1F. The fourth-order valence-corrected chi connectivity index (χ4v) is 2.45. The fraction of sp³-hybridized carbons (Fsp3) is 0.400. The summed E-state index contributed by atoms with van der Waals surface area (Å²) in [6.07, 6.45) is 6.76. The predicted octanol–water partition coefficient (Wildman–Crippen LogP) is 3.63. The number of nitro groups is 1.